The molecule has 0 saturated carbocycles. The summed E-state index contributed by atoms with van der Waals surface area (Å²) in [5.41, 5.74) is 23.0. The Morgan fingerprint density at radius 2 is 0.789 bits per heavy atom. The maximum atomic E-state index is 2.50. The van der Waals surface area contributed by atoms with Crippen LogP contribution in [0.5, 0.6) is 0 Å². The van der Waals surface area contributed by atoms with Crippen molar-refractivity contribution in [1.82, 2.24) is 0 Å². The molecule has 0 aromatic heterocycles. The second-order valence-electron chi connectivity index (χ2n) is 17.5. The molecule has 3 aliphatic rings. The van der Waals surface area contributed by atoms with Crippen molar-refractivity contribution < 1.29 is 0 Å². The topological polar surface area (TPSA) is 3.24 Å². The fourth-order valence-electron chi connectivity index (χ4n) is 10.9. The van der Waals surface area contributed by atoms with Crippen molar-refractivity contribution in [2.45, 2.75) is 50.9 Å². The van der Waals surface area contributed by atoms with Gasteiger partial charge in [-0.1, -0.05) is 173 Å². The first kappa shape index (κ1) is 33.9. The van der Waals surface area contributed by atoms with Crippen LogP contribution in [0.1, 0.15) is 73.6 Å². The lowest BCUT2D eigenvalue weighted by Crippen LogP contribution is -2.23. The van der Waals surface area contributed by atoms with Gasteiger partial charge in [0.25, 0.3) is 0 Å². The molecular formula is C56H45N. The molecule has 0 N–H and O–H groups in total. The van der Waals surface area contributed by atoms with Crippen LogP contribution in [0.25, 0.3) is 44.5 Å². The molecule has 0 amide bonds. The molecule has 57 heavy (non-hydrogen) atoms. The Balaban J connectivity index is 1.13. The predicted molar refractivity (Wildman–Crippen MR) is 239 cm³/mol. The molecular weight excluding hydrogens is 687 g/mol. The number of anilines is 3. The zero-order valence-corrected chi connectivity index (χ0v) is 33.3. The van der Waals surface area contributed by atoms with Crippen LogP contribution in [0.15, 0.2) is 182 Å². The van der Waals surface area contributed by atoms with Crippen LogP contribution >= 0.6 is 0 Å². The van der Waals surface area contributed by atoms with E-state index in [0.717, 1.165) is 17.1 Å². The van der Waals surface area contributed by atoms with Gasteiger partial charge < -0.3 is 4.90 Å². The minimum absolute atomic E-state index is 0.115. The molecule has 0 fully saturated rings. The minimum Gasteiger partial charge on any atom is -0.310 e. The Morgan fingerprint density at radius 1 is 0.316 bits per heavy atom. The zero-order valence-electron chi connectivity index (χ0n) is 33.3. The van der Waals surface area contributed by atoms with Gasteiger partial charge in [0.1, 0.15) is 0 Å². The molecule has 11 rings (SSSR count). The van der Waals surface area contributed by atoms with Crippen molar-refractivity contribution in [1.29, 1.82) is 0 Å². The van der Waals surface area contributed by atoms with E-state index in [1.165, 1.54) is 83.5 Å². The first-order valence-corrected chi connectivity index (χ1v) is 20.4. The third kappa shape index (κ3) is 4.69. The lowest BCUT2D eigenvalue weighted by Gasteiger charge is -2.32. The summed E-state index contributed by atoms with van der Waals surface area (Å²) >= 11 is 0. The van der Waals surface area contributed by atoms with Crippen LogP contribution < -0.4 is 4.90 Å². The third-order valence-electron chi connectivity index (χ3n) is 13.7. The van der Waals surface area contributed by atoms with Gasteiger partial charge in [-0.05, 0) is 127 Å². The highest BCUT2D eigenvalue weighted by atomic mass is 15.1. The fraction of sp³-hybridized carbons (Fsp3) is 0.143. The molecule has 8 aromatic rings. The number of benzene rings is 8. The summed E-state index contributed by atoms with van der Waals surface area (Å²) in [7, 11) is 0. The monoisotopic (exact) mass is 731 g/mol. The van der Waals surface area contributed by atoms with Crippen molar-refractivity contribution >= 4 is 17.1 Å². The Morgan fingerprint density at radius 3 is 1.49 bits per heavy atom. The van der Waals surface area contributed by atoms with Crippen molar-refractivity contribution in [3.8, 4) is 44.5 Å². The van der Waals surface area contributed by atoms with Crippen molar-refractivity contribution in [3.05, 3.63) is 221 Å². The van der Waals surface area contributed by atoms with Crippen LogP contribution in [0.4, 0.5) is 17.1 Å². The minimum atomic E-state index is -0.302. The van der Waals surface area contributed by atoms with Gasteiger partial charge in [-0.25, -0.2) is 0 Å². The summed E-state index contributed by atoms with van der Waals surface area (Å²) in [6.45, 7) is 11.9. The molecule has 8 aromatic carbocycles. The first-order chi connectivity index (χ1) is 27.7. The molecule has 1 heteroatoms. The van der Waals surface area contributed by atoms with E-state index in [4.69, 9.17) is 0 Å². The summed E-state index contributed by atoms with van der Waals surface area (Å²) in [5.74, 6) is 0. The SMILES string of the molecule is CC1(C)c2ccccc2-c2ccc(N(c3cccc(-c4cccc5c4C(C)(C)c4ccccc4-5)c3)c3ccc4c(c3)C(C)(c3ccccc3)c3ccccc3-4)cc21. The molecule has 0 aliphatic heterocycles. The van der Waals surface area contributed by atoms with E-state index in [-0.39, 0.29) is 16.2 Å². The standard InChI is InChI=1S/C56H45N/c1-54(2)48-26-12-9-21-42(48)45-31-29-39(34-51(45)54)57(40-30-32-46-43-22-11-14-28-50(43)56(5,52(46)35-40)37-18-7-6-8-19-37)38-20-15-17-36(33-38)41-24-16-25-47-44-23-10-13-27-49(44)55(3,4)53(41)47/h6-35H,1-5H3. The van der Waals surface area contributed by atoms with E-state index in [1.807, 2.05) is 0 Å². The van der Waals surface area contributed by atoms with Crippen LogP contribution in [0, 0.1) is 0 Å². The highest BCUT2D eigenvalue weighted by Crippen LogP contribution is 2.56. The highest BCUT2D eigenvalue weighted by Gasteiger charge is 2.42. The van der Waals surface area contributed by atoms with E-state index in [2.05, 4.69) is 222 Å². The Kier molecular flexibility index (Phi) is 7.15. The number of rotatable bonds is 5. The summed E-state index contributed by atoms with van der Waals surface area (Å²) < 4.78 is 0. The van der Waals surface area contributed by atoms with E-state index in [9.17, 15) is 0 Å². The van der Waals surface area contributed by atoms with E-state index >= 15 is 0 Å². The number of nitrogens with zero attached hydrogens (tertiary/aromatic N) is 1. The number of hydrogen-bond donors (Lipinski definition) is 0. The molecule has 274 valence electrons. The molecule has 3 aliphatic carbocycles. The van der Waals surface area contributed by atoms with E-state index < -0.39 is 0 Å². The quantitative estimate of drug-likeness (QED) is 0.170. The van der Waals surface area contributed by atoms with Crippen LogP contribution in [0.2, 0.25) is 0 Å². The Labute approximate surface area is 336 Å². The maximum Gasteiger partial charge on any atom is 0.0467 e. The summed E-state index contributed by atoms with van der Waals surface area (Å²) in [6.07, 6.45) is 0. The number of fused-ring (bicyclic) bond motifs is 9. The van der Waals surface area contributed by atoms with Gasteiger partial charge in [0.15, 0.2) is 0 Å². The highest BCUT2D eigenvalue weighted by molar-refractivity contribution is 5.92. The first-order valence-electron chi connectivity index (χ1n) is 20.4. The number of hydrogen-bond acceptors (Lipinski definition) is 1. The predicted octanol–water partition coefficient (Wildman–Crippen LogP) is 14.8. The second kappa shape index (κ2) is 12.0. The zero-order chi connectivity index (χ0) is 38.7. The smallest absolute Gasteiger partial charge is 0.0467 e. The van der Waals surface area contributed by atoms with Gasteiger partial charge in [-0.3, -0.25) is 0 Å². The molecule has 0 spiro atoms. The van der Waals surface area contributed by atoms with Gasteiger partial charge >= 0.3 is 0 Å². The van der Waals surface area contributed by atoms with Crippen molar-refractivity contribution in [3.63, 3.8) is 0 Å². The normalized spacial score (nSPS) is 17.2. The molecule has 0 heterocycles. The molecule has 0 bridgehead atoms. The van der Waals surface area contributed by atoms with E-state index in [1.54, 1.807) is 0 Å². The summed E-state index contributed by atoms with van der Waals surface area (Å²) in [4.78, 5) is 2.50. The average molecular weight is 732 g/mol. The van der Waals surface area contributed by atoms with Gasteiger partial charge in [0, 0.05) is 33.3 Å². The van der Waals surface area contributed by atoms with Crippen LogP contribution in [-0.2, 0) is 16.2 Å². The molecule has 1 unspecified atom stereocenters. The molecule has 0 saturated heterocycles. The largest absolute Gasteiger partial charge is 0.310 e. The van der Waals surface area contributed by atoms with Gasteiger partial charge in [-0.15, -0.1) is 0 Å². The van der Waals surface area contributed by atoms with Crippen molar-refractivity contribution in [2.24, 2.45) is 0 Å². The van der Waals surface area contributed by atoms with Gasteiger partial charge in [0.2, 0.25) is 0 Å². The third-order valence-corrected chi connectivity index (χ3v) is 13.7. The Hall–Kier alpha value is -6.44. The fourth-order valence-corrected chi connectivity index (χ4v) is 10.9. The maximum absolute atomic E-state index is 2.50. The second-order valence-corrected chi connectivity index (χ2v) is 17.5. The lowest BCUT2D eigenvalue weighted by molar-refractivity contribution is 0.660. The molecule has 0 radical (unpaired) electrons. The van der Waals surface area contributed by atoms with Gasteiger partial charge in [0.05, 0.1) is 0 Å². The van der Waals surface area contributed by atoms with Crippen LogP contribution in [0.3, 0.4) is 0 Å². The van der Waals surface area contributed by atoms with E-state index in [0.29, 0.717) is 0 Å². The lowest BCUT2D eigenvalue weighted by atomic mass is 9.74. The average Bonchev–Trinajstić information content (AvgIpc) is 3.75. The van der Waals surface area contributed by atoms with Crippen LogP contribution in [-0.4, -0.2) is 0 Å². The molecule has 1 nitrogen and oxygen atoms in total. The summed E-state index contributed by atoms with van der Waals surface area (Å²) in [5, 5.41) is 0. The molecule has 1 atom stereocenters. The Bertz CT molecular complexity index is 2930. The van der Waals surface area contributed by atoms with Gasteiger partial charge in [-0.2, -0.15) is 0 Å². The summed E-state index contributed by atoms with van der Waals surface area (Å²) in [6, 6.07) is 68.3. The van der Waals surface area contributed by atoms with Crippen molar-refractivity contribution in [2.75, 3.05) is 4.90 Å².